The Morgan fingerprint density at radius 3 is 2.30 bits per heavy atom. The predicted octanol–water partition coefficient (Wildman–Crippen LogP) is -0.0529. The van der Waals surface area contributed by atoms with Crippen molar-refractivity contribution in [2.45, 2.75) is 6.54 Å². The van der Waals surface area contributed by atoms with Crippen molar-refractivity contribution in [1.29, 1.82) is 0 Å². The van der Waals surface area contributed by atoms with E-state index < -0.39 is 0 Å². The molecule has 116 valence electrons. The summed E-state index contributed by atoms with van der Waals surface area (Å²) in [5.41, 5.74) is 0. The molecule has 1 rings (SSSR count). The zero-order chi connectivity index (χ0) is 14.6. The van der Waals surface area contributed by atoms with Crippen LogP contribution in [-0.4, -0.2) is 85.4 Å². The van der Waals surface area contributed by atoms with Crippen molar-refractivity contribution in [3.8, 4) is 0 Å². The van der Waals surface area contributed by atoms with Crippen molar-refractivity contribution in [2.75, 3.05) is 60.3 Å². The molecule has 0 aromatic carbocycles. The molecule has 0 fully saturated rings. The number of nitrogens with zero attached hydrogens (tertiary/aromatic N) is 4. The summed E-state index contributed by atoms with van der Waals surface area (Å²) >= 11 is 4.97. The summed E-state index contributed by atoms with van der Waals surface area (Å²) in [5.74, 6) is 0. The summed E-state index contributed by atoms with van der Waals surface area (Å²) in [6.07, 6.45) is 0. The van der Waals surface area contributed by atoms with E-state index in [1.165, 1.54) is 0 Å². The van der Waals surface area contributed by atoms with Crippen LogP contribution in [0.4, 0.5) is 0 Å². The molecule has 0 unspecified atom stereocenters. The largest absolute Gasteiger partial charge is 0.383 e. The van der Waals surface area contributed by atoms with E-state index >= 15 is 0 Å². The maximum Gasteiger partial charge on any atom is 0.238 e. The number of aromatic nitrogens is 4. The highest BCUT2D eigenvalue weighted by Gasteiger charge is 2.04. The van der Waals surface area contributed by atoms with Crippen LogP contribution in [0.3, 0.4) is 0 Å². The molecule has 0 aliphatic heterocycles. The predicted molar refractivity (Wildman–Crippen MR) is 76.2 cm³/mol. The van der Waals surface area contributed by atoms with Crippen LogP contribution in [-0.2, 0) is 20.8 Å². The molecule has 0 atom stereocenters. The first-order chi connectivity index (χ1) is 9.77. The number of aromatic amines is 1. The average Bonchev–Trinajstić information content (AvgIpc) is 2.86. The molecule has 1 N–H and O–H groups in total. The van der Waals surface area contributed by atoms with Gasteiger partial charge in [-0.1, -0.05) is 10.3 Å². The second kappa shape index (κ2) is 10.9. The third kappa shape index (κ3) is 7.06. The second-order valence-corrected chi connectivity index (χ2v) is 4.54. The first kappa shape index (κ1) is 17.2. The molecule has 0 aliphatic rings. The van der Waals surface area contributed by atoms with Gasteiger partial charge in [-0.3, -0.25) is 4.90 Å². The Labute approximate surface area is 124 Å². The van der Waals surface area contributed by atoms with E-state index in [1.807, 2.05) is 0 Å². The van der Waals surface area contributed by atoms with E-state index in [9.17, 15) is 0 Å². The highest BCUT2D eigenvalue weighted by molar-refractivity contribution is 7.71. The molecule has 1 heterocycles. The molecule has 0 spiro atoms. The molecule has 0 saturated heterocycles. The van der Waals surface area contributed by atoms with Gasteiger partial charge in [0.15, 0.2) is 0 Å². The topological polar surface area (TPSA) is 77.4 Å². The third-order valence-electron chi connectivity index (χ3n) is 2.77. The first-order valence-electron chi connectivity index (χ1n) is 6.53. The van der Waals surface area contributed by atoms with Crippen molar-refractivity contribution in [3.63, 3.8) is 0 Å². The van der Waals surface area contributed by atoms with Crippen LogP contribution < -0.4 is 0 Å². The van der Waals surface area contributed by atoms with Gasteiger partial charge in [0.05, 0.1) is 33.0 Å². The number of hydrogen-bond acceptors (Lipinski definition) is 7. The summed E-state index contributed by atoms with van der Waals surface area (Å²) < 4.78 is 17.9. The number of nitrogens with one attached hydrogen (secondary N) is 1. The van der Waals surface area contributed by atoms with Crippen LogP contribution in [0.5, 0.6) is 0 Å². The minimum Gasteiger partial charge on any atom is -0.383 e. The Balaban J connectivity index is 2.12. The lowest BCUT2D eigenvalue weighted by Gasteiger charge is -2.21. The second-order valence-electron chi connectivity index (χ2n) is 4.17. The van der Waals surface area contributed by atoms with Gasteiger partial charge in [0.25, 0.3) is 0 Å². The fraction of sp³-hybridized carbons (Fsp3) is 0.909. The SMILES string of the molecule is COCCN(CCOC)CCOCCn1[nH]nnc1=S. The number of H-pyrrole nitrogens is 1. The minimum atomic E-state index is 0.440. The smallest absolute Gasteiger partial charge is 0.238 e. The summed E-state index contributed by atoms with van der Waals surface area (Å²) in [6.45, 7) is 5.86. The van der Waals surface area contributed by atoms with Crippen molar-refractivity contribution in [2.24, 2.45) is 0 Å². The van der Waals surface area contributed by atoms with E-state index in [-0.39, 0.29) is 0 Å². The van der Waals surface area contributed by atoms with Crippen LogP contribution in [0.2, 0.25) is 0 Å². The number of methoxy groups -OCH3 is 2. The number of tetrazole rings is 1. The van der Waals surface area contributed by atoms with Crippen LogP contribution in [0, 0.1) is 4.77 Å². The summed E-state index contributed by atoms with van der Waals surface area (Å²) in [5, 5.41) is 9.99. The van der Waals surface area contributed by atoms with Crippen LogP contribution in [0.15, 0.2) is 0 Å². The Bertz CT molecular complexity index is 389. The van der Waals surface area contributed by atoms with E-state index in [4.69, 9.17) is 26.4 Å². The highest BCUT2D eigenvalue weighted by Crippen LogP contribution is 1.91. The van der Waals surface area contributed by atoms with E-state index in [2.05, 4.69) is 20.4 Å². The molecular formula is C11H23N5O3S. The van der Waals surface area contributed by atoms with E-state index in [0.717, 1.165) is 19.6 Å². The van der Waals surface area contributed by atoms with E-state index in [1.54, 1.807) is 18.9 Å². The quantitative estimate of drug-likeness (QED) is 0.428. The highest BCUT2D eigenvalue weighted by atomic mass is 32.1. The normalized spacial score (nSPS) is 11.3. The maximum absolute atomic E-state index is 5.59. The molecule has 0 bridgehead atoms. The van der Waals surface area contributed by atoms with Crippen molar-refractivity contribution >= 4 is 12.2 Å². The molecule has 0 saturated carbocycles. The molecule has 1 aromatic heterocycles. The molecular weight excluding hydrogens is 282 g/mol. The lowest BCUT2D eigenvalue weighted by atomic mass is 10.4. The number of ether oxygens (including phenoxy) is 3. The summed E-state index contributed by atoms with van der Waals surface area (Å²) in [7, 11) is 3.40. The number of hydrogen-bond donors (Lipinski definition) is 1. The maximum atomic E-state index is 5.59. The van der Waals surface area contributed by atoms with Crippen molar-refractivity contribution < 1.29 is 14.2 Å². The minimum absolute atomic E-state index is 0.440. The van der Waals surface area contributed by atoms with Gasteiger partial charge < -0.3 is 14.2 Å². The van der Waals surface area contributed by atoms with Gasteiger partial charge in [-0.15, -0.1) is 0 Å². The first-order valence-corrected chi connectivity index (χ1v) is 6.94. The molecule has 0 amide bonds. The van der Waals surface area contributed by atoms with E-state index in [0.29, 0.717) is 37.7 Å². The third-order valence-corrected chi connectivity index (χ3v) is 3.07. The Morgan fingerprint density at radius 2 is 1.75 bits per heavy atom. The fourth-order valence-electron chi connectivity index (χ4n) is 1.59. The van der Waals surface area contributed by atoms with Gasteiger partial charge in [0.1, 0.15) is 0 Å². The Morgan fingerprint density at radius 1 is 1.10 bits per heavy atom. The molecule has 20 heavy (non-hydrogen) atoms. The monoisotopic (exact) mass is 305 g/mol. The summed E-state index contributed by atoms with van der Waals surface area (Å²) in [4.78, 5) is 2.25. The fourth-order valence-corrected chi connectivity index (χ4v) is 1.76. The van der Waals surface area contributed by atoms with Crippen molar-refractivity contribution in [1.82, 2.24) is 25.1 Å². The van der Waals surface area contributed by atoms with Gasteiger partial charge in [-0.2, -0.15) is 5.21 Å². The lowest BCUT2D eigenvalue weighted by Crippen LogP contribution is -2.33. The van der Waals surface area contributed by atoms with Crippen LogP contribution in [0.25, 0.3) is 0 Å². The van der Waals surface area contributed by atoms with Gasteiger partial charge in [-0.25, -0.2) is 4.68 Å². The van der Waals surface area contributed by atoms with Crippen LogP contribution >= 0.6 is 12.2 Å². The molecule has 0 aliphatic carbocycles. The standard InChI is InChI=1S/C11H23N5O3S/c1-17-7-3-15(4-8-18-2)5-9-19-10-6-16-11(20)12-13-14-16/h3-10H2,1-2H3,(H,12,14,20). The molecule has 1 aromatic rings. The van der Waals surface area contributed by atoms with Gasteiger partial charge >= 0.3 is 0 Å². The van der Waals surface area contributed by atoms with Gasteiger partial charge in [-0.05, 0) is 12.2 Å². The van der Waals surface area contributed by atoms with Gasteiger partial charge in [0.2, 0.25) is 4.77 Å². The zero-order valence-corrected chi connectivity index (χ0v) is 12.9. The lowest BCUT2D eigenvalue weighted by molar-refractivity contribution is 0.0690. The average molecular weight is 305 g/mol. The molecule has 9 heteroatoms. The Hall–Kier alpha value is -0.870. The summed E-state index contributed by atoms with van der Waals surface area (Å²) in [6, 6.07) is 0. The zero-order valence-electron chi connectivity index (χ0n) is 12.1. The number of rotatable bonds is 12. The molecule has 0 radical (unpaired) electrons. The van der Waals surface area contributed by atoms with Gasteiger partial charge in [0, 0.05) is 33.9 Å². The van der Waals surface area contributed by atoms with Crippen molar-refractivity contribution in [3.05, 3.63) is 4.77 Å². The Kier molecular flexibility index (Phi) is 9.33. The van der Waals surface area contributed by atoms with Crippen LogP contribution in [0.1, 0.15) is 0 Å². The molecule has 8 nitrogen and oxygen atoms in total.